The van der Waals surface area contributed by atoms with Crippen LogP contribution in [0.4, 0.5) is 19.0 Å². The lowest BCUT2D eigenvalue weighted by molar-refractivity contribution is 0.496. The van der Waals surface area contributed by atoms with E-state index in [0.717, 1.165) is 6.07 Å². The summed E-state index contributed by atoms with van der Waals surface area (Å²) in [5, 5.41) is 2.85. The van der Waals surface area contributed by atoms with Crippen LogP contribution in [0, 0.1) is 31.3 Å². The Morgan fingerprint density at radius 1 is 0.947 bits per heavy atom. The molecule has 0 radical (unpaired) electrons. The molecule has 1 heterocycles. The van der Waals surface area contributed by atoms with Crippen molar-refractivity contribution in [3.05, 3.63) is 41.0 Å². The number of aromatic nitrogens is 2. The molecule has 0 saturated heterocycles. The summed E-state index contributed by atoms with van der Waals surface area (Å²) in [4.78, 5) is 8.24. The maximum absolute atomic E-state index is 13.8. The third-order valence-electron chi connectivity index (χ3n) is 2.76. The number of hydrogen-bond donors (Lipinski definition) is 1. The van der Waals surface area contributed by atoms with Gasteiger partial charge in [0.2, 0.25) is 0 Å². The first-order chi connectivity index (χ1) is 8.93. The summed E-state index contributed by atoms with van der Waals surface area (Å²) in [7, 11) is 1.67. The number of nitrogens with one attached hydrogen (secondary N) is 1. The molecule has 3 nitrogen and oxygen atoms in total. The zero-order valence-corrected chi connectivity index (χ0v) is 10.7. The number of hydrogen-bond acceptors (Lipinski definition) is 3. The van der Waals surface area contributed by atoms with Crippen LogP contribution in [-0.4, -0.2) is 17.0 Å². The van der Waals surface area contributed by atoms with Gasteiger partial charge < -0.3 is 5.32 Å². The molecule has 0 bridgehead atoms. The molecule has 0 aliphatic carbocycles. The van der Waals surface area contributed by atoms with E-state index in [9.17, 15) is 13.2 Å². The highest BCUT2D eigenvalue weighted by Crippen LogP contribution is 2.29. The average molecular weight is 267 g/mol. The zero-order valence-electron chi connectivity index (χ0n) is 10.7. The molecule has 0 atom stereocenters. The summed E-state index contributed by atoms with van der Waals surface area (Å²) in [5.41, 5.74) is 0.727. The Balaban J connectivity index is 2.72. The first kappa shape index (κ1) is 13.3. The van der Waals surface area contributed by atoms with E-state index in [0.29, 0.717) is 23.3 Å². The van der Waals surface area contributed by atoms with Crippen LogP contribution in [0.2, 0.25) is 0 Å². The summed E-state index contributed by atoms with van der Waals surface area (Å²) >= 11 is 0. The SMILES string of the molecule is CNc1nc(C)nc(-c2cc(F)c(F)cc2F)c1C. The highest BCUT2D eigenvalue weighted by molar-refractivity contribution is 5.68. The summed E-state index contributed by atoms with van der Waals surface area (Å²) in [5.74, 6) is -2.26. The van der Waals surface area contributed by atoms with Gasteiger partial charge in [-0.1, -0.05) is 0 Å². The number of rotatable bonds is 2. The Morgan fingerprint density at radius 3 is 2.21 bits per heavy atom. The van der Waals surface area contributed by atoms with Gasteiger partial charge in [0.1, 0.15) is 17.5 Å². The summed E-state index contributed by atoms with van der Waals surface area (Å²) in [6.07, 6.45) is 0. The number of anilines is 1. The lowest BCUT2D eigenvalue weighted by atomic mass is 10.1. The minimum absolute atomic E-state index is 0.0848. The molecule has 19 heavy (non-hydrogen) atoms. The largest absolute Gasteiger partial charge is 0.373 e. The van der Waals surface area contributed by atoms with Crippen molar-refractivity contribution in [1.82, 2.24) is 9.97 Å². The van der Waals surface area contributed by atoms with Gasteiger partial charge in [0.25, 0.3) is 0 Å². The quantitative estimate of drug-likeness (QED) is 0.849. The summed E-state index contributed by atoms with van der Waals surface area (Å²) in [6, 6.07) is 1.32. The van der Waals surface area contributed by atoms with Crippen LogP contribution in [0.5, 0.6) is 0 Å². The van der Waals surface area contributed by atoms with Crippen LogP contribution in [0.1, 0.15) is 11.4 Å². The molecule has 0 saturated carbocycles. The van der Waals surface area contributed by atoms with E-state index in [1.165, 1.54) is 0 Å². The summed E-state index contributed by atoms with van der Waals surface area (Å²) in [6.45, 7) is 3.32. The van der Waals surface area contributed by atoms with Crippen molar-refractivity contribution in [2.45, 2.75) is 13.8 Å². The van der Waals surface area contributed by atoms with Crippen LogP contribution in [0.15, 0.2) is 12.1 Å². The Bertz CT molecular complexity index is 642. The second-order valence-corrected chi connectivity index (χ2v) is 4.09. The Hall–Kier alpha value is -2.11. The molecule has 0 aliphatic rings. The van der Waals surface area contributed by atoms with Gasteiger partial charge in [0, 0.05) is 24.2 Å². The molecule has 6 heteroatoms. The fraction of sp³-hybridized carbons (Fsp3) is 0.231. The van der Waals surface area contributed by atoms with E-state index in [2.05, 4.69) is 15.3 Å². The molecular formula is C13H12F3N3. The highest BCUT2D eigenvalue weighted by atomic mass is 19.2. The molecule has 0 spiro atoms. The zero-order chi connectivity index (χ0) is 14.2. The van der Waals surface area contributed by atoms with Gasteiger partial charge >= 0.3 is 0 Å². The second kappa shape index (κ2) is 4.87. The Kier molecular flexibility index (Phi) is 3.42. The maximum atomic E-state index is 13.8. The van der Waals surface area contributed by atoms with Crippen molar-refractivity contribution in [3.63, 3.8) is 0 Å². The lowest BCUT2D eigenvalue weighted by Gasteiger charge is -2.11. The van der Waals surface area contributed by atoms with Crippen molar-refractivity contribution >= 4 is 5.82 Å². The fourth-order valence-corrected chi connectivity index (χ4v) is 1.84. The maximum Gasteiger partial charge on any atom is 0.161 e. The molecular weight excluding hydrogens is 255 g/mol. The molecule has 1 aromatic heterocycles. The molecule has 0 amide bonds. The predicted molar refractivity (Wildman–Crippen MR) is 66.4 cm³/mol. The molecule has 2 aromatic rings. The monoisotopic (exact) mass is 267 g/mol. The van der Waals surface area contributed by atoms with Gasteiger partial charge in [0.15, 0.2) is 11.6 Å². The van der Waals surface area contributed by atoms with Crippen LogP contribution in [0.3, 0.4) is 0 Å². The average Bonchev–Trinajstić information content (AvgIpc) is 2.36. The van der Waals surface area contributed by atoms with Crippen LogP contribution in [-0.2, 0) is 0 Å². The van der Waals surface area contributed by atoms with Crippen molar-refractivity contribution in [1.29, 1.82) is 0 Å². The first-order valence-corrected chi connectivity index (χ1v) is 5.62. The van der Waals surface area contributed by atoms with Gasteiger partial charge in [-0.25, -0.2) is 23.1 Å². The van der Waals surface area contributed by atoms with Gasteiger partial charge in [0.05, 0.1) is 5.69 Å². The molecule has 100 valence electrons. The van der Waals surface area contributed by atoms with Crippen LogP contribution < -0.4 is 5.32 Å². The molecule has 0 fully saturated rings. The Morgan fingerprint density at radius 2 is 1.58 bits per heavy atom. The predicted octanol–water partition coefficient (Wildman–Crippen LogP) is 3.22. The van der Waals surface area contributed by atoms with Crippen LogP contribution >= 0.6 is 0 Å². The van der Waals surface area contributed by atoms with E-state index < -0.39 is 17.5 Å². The molecule has 2 rings (SSSR count). The van der Waals surface area contributed by atoms with E-state index in [4.69, 9.17) is 0 Å². The minimum atomic E-state index is -1.22. The number of aryl methyl sites for hydroxylation is 1. The van der Waals surface area contributed by atoms with Gasteiger partial charge in [-0.15, -0.1) is 0 Å². The van der Waals surface area contributed by atoms with Crippen molar-refractivity contribution < 1.29 is 13.2 Å². The second-order valence-electron chi connectivity index (χ2n) is 4.09. The molecule has 1 N–H and O–H groups in total. The summed E-state index contributed by atoms with van der Waals surface area (Å²) < 4.78 is 40.0. The number of halogens is 3. The Labute approximate surface area is 108 Å². The standard InChI is InChI=1S/C13H12F3N3/c1-6-12(18-7(2)19-13(6)17-3)8-4-10(15)11(16)5-9(8)14/h4-5H,1-3H3,(H,17,18,19). The third-order valence-corrected chi connectivity index (χ3v) is 2.76. The van der Waals surface area contributed by atoms with Crippen molar-refractivity contribution in [2.24, 2.45) is 0 Å². The van der Waals surface area contributed by atoms with Crippen molar-refractivity contribution in [2.75, 3.05) is 12.4 Å². The smallest absolute Gasteiger partial charge is 0.161 e. The minimum Gasteiger partial charge on any atom is -0.373 e. The van der Waals surface area contributed by atoms with Crippen molar-refractivity contribution in [3.8, 4) is 11.3 Å². The molecule has 0 unspecified atom stereocenters. The van der Waals surface area contributed by atoms with E-state index >= 15 is 0 Å². The third kappa shape index (κ3) is 2.38. The molecule has 0 aliphatic heterocycles. The molecule has 1 aromatic carbocycles. The van der Waals surface area contributed by atoms with E-state index in [-0.39, 0.29) is 11.3 Å². The first-order valence-electron chi connectivity index (χ1n) is 5.62. The van der Waals surface area contributed by atoms with E-state index in [1.807, 2.05) is 0 Å². The van der Waals surface area contributed by atoms with E-state index in [1.54, 1.807) is 20.9 Å². The van der Waals surface area contributed by atoms with Gasteiger partial charge in [-0.3, -0.25) is 0 Å². The number of benzene rings is 1. The fourth-order valence-electron chi connectivity index (χ4n) is 1.84. The normalized spacial score (nSPS) is 10.6. The number of nitrogens with zero attached hydrogens (tertiary/aromatic N) is 2. The van der Waals surface area contributed by atoms with Gasteiger partial charge in [-0.05, 0) is 19.9 Å². The van der Waals surface area contributed by atoms with Gasteiger partial charge in [-0.2, -0.15) is 0 Å². The highest BCUT2D eigenvalue weighted by Gasteiger charge is 2.17. The lowest BCUT2D eigenvalue weighted by Crippen LogP contribution is -2.04. The topological polar surface area (TPSA) is 37.8 Å². The van der Waals surface area contributed by atoms with Crippen LogP contribution in [0.25, 0.3) is 11.3 Å².